The van der Waals surface area contributed by atoms with Crippen LogP contribution in [-0.4, -0.2) is 11.5 Å². The Morgan fingerprint density at radius 2 is 1.59 bits per heavy atom. The largest absolute Gasteiger partial charge is 0.483 e. The third kappa shape index (κ3) is 11.1. The van der Waals surface area contributed by atoms with Crippen molar-refractivity contribution in [3.8, 4) is 0 Å². The minimum Gasteiger partial charge on any atom is -0.483 e. The molecule has 0 unspecified atom stereocenters. The summed E-state index contributed by atoms with van der Waals surface area (Å²) in [6.45, 7) is 21.4. The molecular formula is C24H39NO2. The zero-order valence-electron chi connectivity index (χ0n) is 18.7. The quantitative estimate of drug-likeness (QED) is 0.407. The molecule has 0 aliphatic carbocycles. The molecule has 1 aromatic rings. The van der Waals surface area contributed by atoms with Gasteiger partial charge in [0.05, 0.1) is 5.76 Å². The molecule has 3 heteroatoms. The Labute approximate surface area is 167 Å². The summed E-state index contributed by atoms with van der Waals surface area (Å²) in [4.78, 5) is 12.4. The Bertz CT molecular complexity index is 596. The molecule has 0 aromatic heterocycles. The van der Waals surface area contributed by atoms with Crippen LogP contribution in [0.5, 0.6) is 0 Å². The second-order valence-corrected chi connectivity index (χ2v) is 6.24. The highest BCUT2D eigenvalue weighted by atomic mass is 16.5. The van der Waals surface area contributed by atoms with Crippen molar-refractivity contribution in [3.63, 3.8) is 0 Å². The second kappa shape index (κ2) is 14.8. The summed E-state index contributed by atoms with van der Waals surface area (Å²) in [6.07, 6.45) is 5.68. The molecule has 0 heterocycles. The highest BCUT2D eigenvalue weighted by Gasteiger charge is 2.29. The molecule has 0 saturated carbocycles. The number of amides is 1. The van der Waals surface area contributed by atoms with Crippen molar-refractivity contribution in [1.82, 2.24) is 0 Å². The molecule has 0 saturated heterocycles. The van der Waals surface area contributed by atoms with Gasteiger partial charge in [0.25, 0.3) is 5.91 Å². The standard InChI is InChI=1S/C20H27NO2.2C2H6/c1-7-17(15(2)3)14-13-16(4)23-20(5,6)19(22)21-18-11-9-8-10-12-18;2*1-2/h7-15H,1H2,2-6H3,(H,21,22);2*1-2H3/b16-13+,17-14+;;. The first kappa shape index (κ1) is 26.9. The predicted molar refractivity (Wildman–Crippen MR) is 120 cm³/mol. The monoisotopic (exact) mass is 373 g/mol. The van der Waals surface area contributed by atoms with Crippen molar-refractivity contribution in [3.05, 3.63) is 66.5 Å². The van der Waals surface area contributed by atoms with E-state index in [9.17, 15) is 4.79 Å². The predicted octanol–water partition coefficient (Wildman–Crippen LogP) is 7.14. The van der Waals surface area contributed by atoms with Crippen molar-refractivity contribution in [2.75, 3.05) is 5.32 Å². The van der Waals surface area contributed by atoms with Gasteiger partial charge >= 0.3 is 0 Å². The first-order valence-electron chi connectivity index (χ1n) is 9.82. The Morgan fingerprint density at radius 3 is 2.04 bits per heavy atom. The number of rotatable bonds is 7. The van der Waals surface area contributed by atoms with Crippen LogP contribution in [0.15, 0.2) is 66.5 Å². The van der Waals surface area contributed by atoms with E-state index in [0.717, 1.165) is 11.3 Å². The first-order chi connectivity index (χ1) is 12.8. The second-order valence-electron chi connectivity index (χ2n) is 6.24. The third-order valence-electron chi connectivity index (χ3n) is 3.41. The van der Waals surface area contributed by atoms with Crippen molar-refractivity contribution < 1.29 is 9.53 Å². The van der Waals surface area contributed by atoms with E-state index < -0.39 is 5.60 Å². The van der Waals surface area contributed by atoms with E-state index in [1.807, 2.05) is 83.2 Å². The van der Waals surface area contributed by atoms with Gasteiger partial charge < -0.3 is 10.1 Å². The molecule has 1 amide bonds. The van der Waals surface area contributed by atoms with E-state index in [0.29, 0.717) is 11.7 Å². The number of carbonyl (C=O) groups excluding carboxylic acids is 1. The molecule has 3 nitrogen and oxygen atoms in total. The van der Waals surface area contributed by atoms with Gasteiger partial charge in [0.1, 0.15) is 0 Å². The van der Waals surface area contributed by atoms with Gasteiger partial charge in [0.2, 0.25) is 0 Å². The Hall–Kier alpha value is -2.29. The maximum absolute atomic E-state index is 12.4. The fourth-order valence-electron chi connectivity index (χ4n) is 2.00. The van der Waals surface area contributed by atoms with Gasteiger partial charge in [-0.25, -0.2) is 0 Å². The van der Waals surface area contributed by atoms with Crippen LogP contribution in [0.2, 0.25) is 0 Å². The van der Waals surface area contributed by atoms with Crippen LogP contribution in [0.3, 0.4) is 0 Å². The van der Waals surface area contributed by atoms with E-state index in [1.54, 1.807) is 13.8 Å². The Kier molecular flexibility index (Phi) is 14.8. The normalized spacial score (nSPS) is 11.5. The minimum absolute atomic E-state index is 0.187. The molecule has 1 N–H and O–H groups in total. The van der Waals surface area contributed by atoms with Crippen molar-refractivity contribution in [2.45, 2.75) is 67.9 Å². The molecule has 0 spiro atoms. The maximum atomic E-state index is 12.4. The lowest BCUT2D eigenvalue weighted by Gasteiger charge is -2.25. The summed E-state index contributed by atoms with van der Waals surface area (Å²) >= 11 is 0. The number of hydrogen-bond donors (Lipinski definition) is 1. The molecule has 0 radical (unpaired) electrons. The van der Waals surface area contributed by atoms with Crippen LogP contribution >= 0.6 is 0 Å². The number of nitrogens with one attached hydrogen (secondary N) is 1. The Morgan fingerprint density at radius 1 is 1.07 bits per heavy atom. The number of para-hydroxylation sites is 1. The average molecular weight is 374 g/mol. The first-order valence-corrected chi connectivity index (χ1v) is 9.82. The molecule has 1 aromatic carbocycles. The zero-order valence-corrected chi connectivity index (χ0v) is 18.7. The summed E-state index contributed by atoms with van der Waals surface area (Å²) in [6, 6.07) is 9.35. The van der Waals surface area contributed by atoms with Crippen LogP contribution in [-0.2, 0) is 9.53 Å². The molecule has 0 atom stereocenters. The lowest BCUT2D eigenvalue weighted by molar-refractivity contribution is -0.132. The lowest BCUT2D eigenvalue weighted by Crippen LogP contribution is -2.39. The van der Waals surface area contributed by atoms with E-state index in [4.69, 9.17) is 4.74 Å². The Balaban J connectivity index is 0. The SMILES string of the molecule is C=C/C(=C\C=C(/C)OC(C)(C)C(=O)Nc1ccccc1)C(C)C.CC.CC. The number of allylic oxidation sites excluding steroid dienone is 5. The van der Waals surface area contributed by atoms with Gasteiger partial charge in [-0.15, -0.1) is 0 Å². The number of benzene rings is 1. The molecule has 27 heavy (non-hydrogen) atoms. The van der Waals surface area contributed by atoms with Gasteiger partial charge in [0.15, 0.2) is 5.60 Å². The number of hydrogen-bond acceptors (Lipinski definition) is 2. The topological polar surface area (TPSA) is 38.3 Å². The zero-order chi connectivity index (χ0) is 21.5. The van der Waals surface area contributed by atoms with Crippen molar-refractivity contribution in [2.24, 2.45) is 5.92 Å². The van der Waals surface area contributed by atoms with Crippen LogP contribution in [0, 0.1) is 5.92 Å². The third-order valence-corrected chi connectivity index (χ3v) is 3.41. The molecular weight excluding hydrogens is 334 g/mol. The van der Waals surface area contributed by atoms with Gasteiger partial charge in [-0.1, -0.05) is 78.5 Å². The summed E-state index contributed by atoms with van der Waals surface area (Å²) < 4.78 is 5.82. The minimum atomic E-state index is -0.962. The van der Waals surface area contributed by atoms with Gasteiger partial charge in [-0.05, 0) is 50.5 Å². The highest BCUT2D eigenvalue weighted by Crippen LogP contribution is 2.19. The van der Waals surface area contributed by atoms with E-state index in [2.05, 4.69) is 25.7 Å². The smallest absolute Gasteiger partial charge is 0.267 e. The highest BCUT2D eigenvalue weighted by molar-refractivity contribution is 5.96. The molecule has 0 fully saturated rings. The number of carbonyl (C=O) groups is 1. The average Bonchev–Trinajstić information content (AvgIpc) is 2.65. The fourth-order valence-corrected chi connectivity index (χ4v) is 2.00. The van der Waals surface area contributed by atoms with E-state index in [-0.39, 0.29) is 5.91 Å². The van der Waals surface area contributed by atoms with Crippen LogP contribution in [0.25, 0.3) is 0 Å². The van der Waals surface area contributed by atoms with Crippen LogP contribution < -0.4 is 5.32 Å². The van der Waals surface area contributed by atoms with Crippen molar-refractivity contribution >= 4 is 11.6 Å². The summed E-state index contributed by atoms with van der Waals surface area (Å²) in [5, 5.41) is 2.86. The van der Waals surface area contributed by atoms with Gasteiger partial charge in [-0.3, -0.25) is 4.79 Å². The fraction of sp³-hybridized carbons (Fsp3) is 0.458. The van der Waals surface area contributed by atoms with E-state index >= 15 is 0 Å². The molecule has 1 rings (SSSR count). The number of anilines is 1. The summed E-state index contributed by atoms with van der Waals surface area (Å²) in [5.41, 5.74) is 0.917. The molecule has 0 aliphatic heterocycles. The summed E-state index contributed by atoms with van der Waals surface area (Å²) in [5.74, 6) is 0.886. The van der Waals surface area contributed by atoms with Crippen LogP contribution in [0.1, 0.15) is 62.3 Å². The summed E-state index contributed by atoms with van der Waals surface area (Å²) in [7, 11) is 0. The molecule has 0 aliphatic rings. The number of ether oxygens (including phenoxy) is 1. The molecule has 152 valence electrons. The van der Waals surface area contributed by atoms with Crippen molar-refractivity contribution in [1.29, 1.82) is 0 Å². The van der Waals surface area contributed by atoms with Gasteiger partial charge in [0, 0.05) is 5.69 Å². The lowest BCUT2D eigenvalue weighted by atomic mass is 10.0. The maximum Gasteiger partial charge on any atom is 0.267 e. The van der Waals surface area contributed by atoms with E-state index in [1.165, 1.54) is 0 Å². The molecule has 0 bridgehead atoms. The van der Waals surface area contributed by atoms with Crippen LogP contribution in [0.4, 0.5) is 5.69 Å². The van der Waals surface area contributed by atoms with Gasteiger partial charge in [-0.2, -0.15) is 0 Å².